The zero-order chi connectivity index (χ0) is 25.2. The third-order valence-electron chi connectivity index (χ3n) is 8.65. The first kappa shape index (κ1) is 23.4. The third-order valence-corrected chi connectivity index (χ3v) is 10.6. The van der Waals surface area contributed by atoms with E-state index in [2.05, 4.69) is 21.7 Å². The molecule has 1 aliphatic carbocycles. The molecule has 3 aliphatic rings. The molecule has 3 atom stereocenters. The SMILES string of the molecule is CC(=O)N(C)c1ccc(S(=O)(=O)N2CCC3(CC2)CC(C2c4ccccc4-c4cncn42)C3O)cc1. The first-order chi connectivity index (χ1) is 17.2. The Morgan fingerprint density at radius 3 is 2.47 bits per heavy atom. The molecular formula is C27H30N4O4S. The highest BCUT2D eigenvalue weighted by Crippen LogP contribution is 2.59. The minimum Gasteiger partial charge on any atom is -0.392 e. The van der Waals surface area contributed by atoms with Crippen LogP contribution in [0.25, 0.3) is 11.3 Å². The van der Waals surface area contributed by atoms with Crippen molar-refractivity contribution in [3.8, 4) is 11.3 Å². The highest BCUT2D eigenvalue weighted by Gasteiger charge is 2.58. The molecule has 188 valence electrons. The van der Waals surface area contributed by atoms with Crippen LogP contribution in [0.5, 0.6) is 0 Å². The van der Waals surface area contributed by atoms with Crippen molar-refractivity contribution in [2.45, 2.75) is 43.2 Å². The number of aromatic nitrogens is 2. The van der Waals surface area contributed by atoms with Gasteiger partial charge in [-0.15, -0.1) is 0 Å². The standard InChI is InChI=1S/C27H30N4O4S/c1-18(32)29(2)19-7-9-20(10-8-19)36(34,35)30-13-11-27(12-14-30)15-23(26(27)33)25-22-6-4-3-5-21(22)24-16-28-17-31(24)25/h3-10,16-17,23,25-26,33H,11-15H2,1-2H3. The molecule has 8 nitrogen and oxygen atoms in total. The Hall–Kier alpha value is -3.01. The molecule has 1 aromatic heterocycles. The van der Waals surface area contributed by atoms with Gasteiger partial charge in [0.25, 0.3) is 0 Å². The largest absolute Gasteiger partial charge is 0.392 e. The lowest BCUT2D eigenvalue weighted by Gasteiger charge is -2.57. The summed E-state index contributed by atoms with van der Waals surface area (Å²) in [6, 6.07) is 14.8. The molecule has 3 heterocycles. The number of hydrogen-bond donors (Lipinski definition) is 1. The maximum atomic E-state index is 13.3. The van der Waals surface area contributed by atoms with Crippen molar-refractivity contribution >= 4 is 21.6 Å². The zero-order valence-corrected chi connectivity index (χ0v) is 21.2. The average Bonchev–Trinajstić information content (AvgIpc) is 3.48. The number of piperidine rings is 1. The maximum Gasteiger partial charge on any atom is 0.243 e. The molecule has 1 saturated carbocycles. The Kier molecular flexibility index (Phi) is 5.37. The summed E-state index contributed by atoms with van der Waals surface area (Å²) in [5.74, 6) is -0.0368. The lowest BCUT2D eigenvalue weighted by Crippen LogP contribution is -2.59. The van der Waals surface area contributed by atoms with Gasteiger partial charge < -0.3 is 14.6 Å². The van der Waals surface area contributed by atoms with Crippen molar-refractivity contribution in [3.05, 3.63) is 66.6 Å². The second kappa shape index (κ2) is 8.26. The number of aliphatic hydroxyl groups excluding tert-OH is 1. The molecule has 3 aromatic rings. The third kappa shape index (κ3) is 3.37. The number of sulfonamides is 1. The van der Waals surface area contributed by atoms with Gasteiger partial charge in [0.05, 0.1) is 35.3 Å². The average molecular weight is 507 g/mol. The van der Waals surface area contributed by atoms with Gasteiger partial charge in [-0.25, -0.2) is 13.4 Å². The van der Waals surface area contributed by atoms with Crippen molar-refractivity contribution in [1.29, 1.82) is 0 Å². The van der Waals surface area contributed by atoms with E-state index in [0.29, 0.717) is 31.6 Å². The van der Waals surface area contributed by atoms with E-state index >= 15 is 0 Å². The second-order valence-electron chi connectivity index (χ2n) is 10.4. The number of carbonyl (C=O) groups excluding carboxylic acids is 1. The number of nitrogens with zero attached hydrogens (tertiary/aromatic N) is 4. The molecule has 0 bridgehead atoms. The van der Waals surface area contributed by atoms with Crippen molar-refractivity contribution in [3.63, 3.8) is 0 Å². The number of rotatable bonds is 4. The number of fused-ring (bicyclic) bond motifs is 3. The van der Waals surface area contributed by atoms with Gasteiger partial charge in [-0.05, 0) is 54.5 Å². The summed E-state index contributed by atoms with van der Waals surface area (Å²) >= 11 is 0. The van der Waals surface area contributed by atoms with Gasteiger partial charge in [0.15, 0.2) is 0 Å². The van der Waals surface area contributed by atoms with E-state index in [9.17, 15) is 18.3 Å². The number of aliphatic hydroxyl groups is 1. The Morgan fingerprint density at radius 2 is 1.81 bits per heavy atom. The van der Waals surface area contributed by atoms with Crippen molar-refractivity contribution in [1.82, 2.24) is 13.9 Å². The molecule has 36 heavy (non-hydrogen) atoms. The van der Waals surface area contributed by atoms with Crippen molar-refractivity contribution < 1.29 is 18.3 Å². The number of benzene rings is 2. The summed E-state index contributed by atoms with van der Waals surface area (Å²) < 4.78 is 30.3. The number of amides is 1. The van der Waals surface area contributed by atoms with Crippen LogP contribution in [0.2, 0.25) is 0 Å². The Bertz CT molecular complexity index is 1420. The highest BCUT2D eigenvalue weighted by molar-refractivity contribution is 7.89. The molecule has 1 spiro atoms. The van der Waals surface area contributed by atoms with E-state index < -0.39 is 16.1 Å². The van der Waals surface area contributed by atoms with E-state index in [-0.39, 0.29) is 28.2 Å². The van der Waals surface area contributed by atoms with Gasteiger partial charge in [0.2, 0.25) is 15.9 Å². The lowest BCUT2D eigenvalue weighted by molar-refractivity contribution is -0.152. The number of anilines is 1. The Balaban J connectivity index is 1.15. The molecule has 9 heteroatoms. The van der Waals surface area contributed by atoms with Crippen LogP contribution in [-0.2, 0) is 14.8 Å². The molecule has 2 fully saturated rings. The molecule has 2 aromatic carbocycles. The zero-order valence-electron chi connectivity index (χ0n) is 20.4. The Labute approximate surface area is 211 Å². The summed E-state index contributed by atoms with van der Waals surface area (Å²) in [7, 11) is -1.98. The van der Waals surface area contributed by atoms with Gasteiger partial charge in [-0.1, -0.05) is 24.3 Å². The minimum absolute atomic E-state index is 0.0627. The van der Waals surface area contributed by atoms with Crippen molar-refractivity contribution in [2.75, 3.05) is 25.0 Å². The number of carbonyl (C=O) groups is 1. The molecule has 3 unspecified atom stereocenters. The van der Waals surface area contributed by atoms with Crippen LogP contribution in [0, 0.1) is 11.3 Å². The summed E-state index contributed by atoms with van der Waals surface area (Å²) in [5, 5.41) is 11.4. The van der Waals surface area contributed by atoms with Gasteiger partial charge in [-0.2, -0.15) is 4.31 Å². The minimum atomic E-state index is -3.64. The first-order valence-electron chi connectivity index (χ1n) is 12.4. The molecule has 1 N–H and O–H groups in total. The van der Waals surface area contributed by atoms with E-state index in [1.54, 1.807) is 31.3 Å². The van der Waals surface area contributed by atoms with Crippen LogP contribution in [0.1, 0.15) is 37.8 Å². The van der Waals surface area contributed by atoms with E-state index in [4.69, 9.17) is 0 Å². The van der Waals surface area contributed by atoms with Crippen LogP contribution in [0.4, 0.5) is 5.69 Å². The molecular weight excluding hydrogens is 476 g/mol. The summed E-state index contributed by atoms with van der Waals surface area (Å²) in [4.78, 5) is 17.6. The summed E-state index contributed by atoms with van der Waals surface area (Å²) in [6.07, 6.45) is 5.39. The first-order valence-corrected chi connectivity index (χ1v) is 13.8. The molecule has 0 radical (unpaired) electrons. The van der Waals surface area contributed by atoms with Crippen LogP contribution >= 0.6 is 0 Å². The fourth-order valence-electron chi connectivity index (χ4n) is 6.43. The van der Waals surface area contributed by atoms with Gasteiger partial charge in [-0.3, -0.25) is 4.79 Å². The van der Waals surface area contributed by atoms with Gasteiger partial charge in [0.1, 0.15) is 0 Å². The second-order valence-corrected chi connectivity index (χ2v) is 12.3. The lowest BCUT2D eigenvalue weighted by atomic mass is 9.53. The normalized spacial score (nSPS) is 24.7. The summed E-state index contributed by atoms with van der Waals surface area (Å²) in [5.41, 5.74) is 3.90. The van der Waals surface area contributed by atoms with Crippen LogP contribution < -0.4 is 4.90 Å². The number of hydrogen-bond acceptors (Lipinski definition) is 5. The van der Waals surface area contributed by atoms with Gasteiger partial charge in [0, 0.05) is 44.2 Å². The predicted molar refractivity (Wildman–Crippen MR) is 136 cm³/mol. The van der Waals surface area contributed by atoms with E-state index in [1.807, 2.05) is 24.7 Å². The van der Waals surface area contributed by atoms with Gasteiger partial charge >= 0.3 is 0 Å². The molecule has 2 aliphatic heterocycles. The molecule has 1 amide bonds. The van der Waals surface area contributed by atoms with E-state index in [0.717, 1.165) is 12.1 Å². The summed E-state index contributed by atoms with van der Waals surface area (Å²) in [6.45, 7) is 2.24. The van der Waals surface area contributed by atoms with Crippen LogP contribution in [-0.4, -0.2) is 59.5 Å². The van der Waals surface area contributed by atoms with Crippen LogP contribution in [0.15, 0.2) is 66.0 Å². The monoisotopic (exact) mass is 506 g/mol. The topological polar surface area (TPSA) is 95.7 Å². The molecule has 6 rings (SSSR count). The quantitative estimate of drug-likeness (QED) is 0.586. The maximum absolute atomic E-state index is 13.3. The van der Waals surface area contributed by atoms with Crippen LogP contribution in [0.3, 0.4) is 0 Å². The molecule has 1 saturated heterocycles. The highest BCUT2D eigenvalue weighted by atomic mass is 32.2. The number of imidazole rings is 1. The fraction of sp³-hybridized carbons (Fsp3) is 0.407. The fourth-order valence-corrected chi connectivity index (χ4v) is 7.88. The predicted octanol–water partition coefficient (Wildman–Crippen LogP) is 3.29. The Morgan fingerprint density at radius 1 is 1.11 bits per heavy atom. The van der Waals surface area contributed by atoms with Crippen molar-refractivity contribution in [2.24, 2.45) is 11.3 Å². The van der Waals surface area contributed by atoms with E-state index in [1.165, 1.54) is 27.3 Å². The smallest absolute Gasteiger partial charge is 0.243 e.